The zero-order valence-electron chi connectivity index (χ0n) is 12.7. The van der Waals surface area contributed by atoms with Gasteiger partial charge in [-0.05, 0) is 13.0 Å². The van der Waals surface area contributed by atoms with E-state index in [1.54, 1.807) is 0 Å². The van der Waals surface area contributed by atoms with Crippen LogP contribution in [0.25, 0.3) is 0 Å². The lowest BCUT2D eigenvalue weighted by Crippen LogP contribution is -2.47. The summed E-state index contributed by atoms with van der Waals surface area (Å²) in [6.45, 7) is 4.62. The Balaban J connectivity index is 1.65. The van der Waals surface area contributed by atoms with E-state index in [1.807, 2.05) is 11.8 Å². The van der Waals surface area contributed by atoms with E-state index in [-0.39, 0.29) is 6.04 Å². The molecule has 2 aromatic rings. The number of aromatic nitrogens is 2. The molecule has 0 saturated carbocycles. The van der Waals surface area contributed by atoms with Crippen molar-refractivity contribution in [3.05, 3.63) is 53.6 Å². The number of piperazine rings is 1. The van der Waals surface area contributed by atoms with Crippen molar-refractivity contribution in [3.8, 4) is 0 Å². The van der Waals surface area contributed by atoms with Gasteiger partial charge in [0.15, 0.2) is 5.82 Å². The Morgan fingerprint density at radius 3 is 2.22 bits per heavy atom. The predicted octanol–water partition coefficient (Wildman–Crippen LogP) is 2.78. The molecule has 1 aromatic carbocycles. The van der Waals surface area contributed by atoms with Crippen molar-refractivity contribution in [2.75, 3.05) is 31.1 Å². The van der Waals surface area contributed by atoms with Crippen molar-refractivity contribution < 1.29 is 13.2 Å². The Hall–Kier alpha value is -2.15. The minimum atomic E-state index is -0.572. The van der Waals surface area contributed by atoms with E-state index in [9.17, 15) is 13.2 Å². The number of rotatable bonds is 3. The third-order valence-corrected chi connectivity index (χ3v) is 4.16. The van der Waals surface area contributed by atoms with E-state index in [0.717, 1.165) is 18.5 Å². The van der Waals surface area contributed by atoms with Gasteiger partial charge in [-0.25, -0.2) is 23.1 Å². The monoisotopic (exact) mass is 322 g/mol. The molecule has 1 aromatic heterocycles. The molecule has 1 saturated heterocycles. The van der Waals surface area contributed by atoms with Crippen molar-refractivity contribution >= 4 is 5.95 Å². The number of anilines is 1. The van der Waals surface area contributed by atoms with Crippen LogP contribution in [-0.4, -0.2) is 41.0 Å². The second-order valence-electron chi connectivity index (χ2n) is 5.57. The van der Waals surface area contributed by atoms with Gasteiger partial charge < -0.3 is 4.90 Å². The van der Waals surface area contributed by atoms with E-state index >= 15 is 0 Å². The number of benzene rings is 1. The first kappa shape index (κ1) is 15.7. The highest BCUT2D eigenvalue weighted by Crippen LogP contribution is 2.25. The molecular formula is C16H17F3N4. The lowest BCUT2D eigenvalue weighted by atomic mass is 10.1. The zero-order valence-corrected chi connectivity index (χ0v) is 12.7. The SMILES string of the molecule is CC(c1ccc(F)cc1F)N1CCN(c2ncc(F)cn2)CC1. The van der Waals surface area contributed by atoms with Gasteiger partial charge in [0, 0.05) is 43.9 Å². The van der Waals surface area contributed by atoms with Crippen LogP contribution in [0.4, 0.5) is 19.1 Å². The van der Waals surface area contributed by atoms with Crippen molar-refractivity contribution in [2.45, 2.75) is 13.0 Å². The van der Waals surface area contributed by atoms with Gasteiger partial charge in [0.2, 0.25) is 5.95 Å². The smallest absolute Gasteiger partial charge is 0.225 e. The van der Waals surface area contributed by atoms with Gasteiger partial charge in [0.25, 0.3) is 0 Å². The summed E-state index contributed by atoms with van der Waals surface area (Å²) in [7, 11) is 0. The number of halogens is 3. The zero-order chi connectivity index (χ0) is 16.4. The first-order valence-corrected chi connectivity index (χ1v) is 7.46. The topological polar surface area (TPSA) is 32.3 Å². The molecular weight excluding hydrogens is 305 g/mol. The van der Waals surface area contributed by atoms with Crippen LogP contribution in [0.5, 0.6) is 0 Å². The minimum absolute atomic E-state index is 0.146. The van der Waals surface area contributed by atoms with Gasteiger partial charge in [-0.15, -0.1) is 0 Å². The Morgan fingerprint density at radius 2 is 1.61 bits per heavy atom. The molecule has 122 valence electrons. The van der Waals surface area contributed by atoms with Gasteiger partial charge in [-0.1, -0.05) is 6.07 Å². The van der Waals surface area contributed by atoms with Gasteiger partial charge in [-0.2, -0.15) is 0 Å². The maximum Gasteiger partial charge on any atom is 0.225 e. The summed E-state index contributed by atoms with van der Waals surface area (Å²) in [4.78, 5) is 12.0. The maximum absolute atomic E-state index is 13.9. The highest BCUT2D eigenvalue weighted by Gasteiger charge is 2.25. The number of nitrogens with zero attached hydrogens (tertiary/aromatic N) is 4. The predicted molar refractivity (Wildman–Crippen MR) is 80.5 cm³/mol. The summed E-state index contributed by atoms with van der Waals surface area (Å²) in [6, 6.07) is 3.53. The second-order valence-corrected chi connectivity index (χ2v) is 5.57. The van der Waals surface area contributed by atoms with Crippen molar-refractivity contribution in [3.63, 3.8) is 0 Å². The van der Waals surface area contributed by atoms with E-state index in [1.165, 1.54) is 12.1 Å². The molecule has 1 fully saturated rings. The normalized spacial score (nSPS) is 17.3. The summed E-state index contributed by atoms with van der Waals surface area (Å²) >= 11 is 0. The molecule has 1 aliphatic rings. The molecule has 1 atom stereocenters. The highest BCUT2D eigenvalue weighted by atomic mass is 19.1. The third kappa shape index (κ3) is 3.44. The summed E-state index contributed by atoms with van der Waals surface area (Å²) in [5.74, 6) is -1.07. The fraction of sp³-hybridized carbons (Fsp3) is 0.375. The van der Waals surface area contributed by atoms with Crippen LogP contribution in [0.3, 0.4) is 0 Å². The molecule has 0 N–H and O–H groups in total. The molecule has 0 bridgehead atoms. The fourth-order valence-electron chi connectivity index (χ4n) is 2.81. The molecule has 1 unspecified atom stereocenters. The van der Waals surface area contributed by atoms with Crippen molar-refractivity contribution in [1.29, 1.82) is 0 Å². The molecule has 0 spiro atoms. The standard InChI is InChI=1S/C16H17F3N4/c1-11(14-3-2-12(17)8-15(14)19)22-4-6-23(7-5-22)16-20-9-13(18)10-21-16/h2-3,8-11H,4-7H2,1H3. The van der Waals surface area contributed by atoms with Gasteiger partial charge in [0.05, 0.1) is 12.4 Å². The highest BCUT2D eigenvalue weighted by molar-refractivity contribution is 5.30. The van der Waals surface area contributed by atoms with Crippen LogP contribution >= 0.6 is 0 Å². The van der Waals surface area contributed by atoms with Crippen LogP contribution < -0.4 is 4.90 Å². The Bertz CT molecular complexity index is 670. The van der Waals surface area contributed by atoms with Crippen molar-refractivity contribution in [1.82, 2.24) is 14.9 Å². The fourth-order valence-corrected chi connectivity index (χ4v) is 2.81. The number of hydrogen-bond acceptors (Lipinski definition) is 4. The molecule has 0 amide bonds. The molecule has 2 heterocycles. The van der Waals surface area contributed by atoms with Crippen LogP contribution in [0.2, 0.25) is 0 Å². The summed E-state index contributed by atoms with van der Waals surface area (Å²) in [6.07, 6.45) is 2.29. The molecule has 1 aliphatic heterocycles. The first-order chi connectivity index (χ1) is 11.0. The molecule has 4 nitrogen and oxygen atoms in total. The lowest BCUT2D eigenvalue weighted by molar-refractivity contribution is 0.194. The van der Waals surface area contributed by atoms with Crippen LogP contribution in [0.1, 0.15) is 18.5 Å². The molecule has 3 rings (SSSR count). The van der Waals surface area contributed by atoms with E-state index < -0.39 is 17.5 Å². The second kappa shape index (κ2) is 6.54. The molecule has 0 aliphatic carbocycles. The lowest BCUT2D eigenvalue weighted by Gasteiger charge is -2.38. The van der Waals surface area contributed by atoms with Crippen molar-refractivity contribution in [2.24, 2.45) is 0 Å². The van der Waals surface area contributed by atoms with E-state index in [4.69, 9.17) is 0 Å². The van der Waals surface area contributed by atoms with Crippen LogP contribution in [-0.2, 0) is 0 Å². The van der Waals surface area contributed by atoms with Gasteiger partial charge >= 0.3 is 0 Å². The Labute approximate surface area is 132 Å². The third-order valence-electron chi connectivity index (χ3n) is 4.16. The molecule has 0 radical (unpaired) electrons. The quantitative estimate of drug-likeness (QED) is 0.870. The average molecular weight is 322 g/mol. The average Bonchev–Trinajstić information content (AvgIpc) is 2.55. The van der Waals surface area contributed by atoms with E-state index in [2.05, 4.69) is 14.9 Å². The van der Waals surface area contributed by atoms with Crippen LogP contribution in [0, 0.1) is 17.5 Å². The van der Waals surface area contributed by atoms with Gasteiger partial charge in [-0.3, -0.25) is 4.90 Å². The Kier molecular flexibility index (Phi) is 4.47. The molecule has 7 heteroatoms. The van der Waals surface area contributed by atoms with Gasteiger partial charge in [0.1, 0.15) is 11.6 Å². The first-order valence-electron chi connectivity index (χ1n) is 7.46. The van der Waals surface area contributed by atoms with Crippen LogP contribution in [0.15, 0.2) is 30.6 Å². The largest absolute Gasteiger partial charge is 0.338 e. The summed E-state index contributed by atoms with van der Waals surface area (Å²) in [5.41, 5.74) is 0.484. The number of hydrogen-bond donors (Lipinski definition) is 0. The Morgan fingerprint density at radius 1 is 0.957 bits per heavy atom. The molecule has 23 heavy (non-hydrogen) atoms. The maximum atomic E-state index is 13.9. The summed E-state index contributed by atoms with van der Waals surface area (Å²) < 4.78 is 39.8. The van der Waals surface area contributed by atoms with E-state index in [0.29, 0.717) is 37.7 Å². The summed E-state index contributed by atoms with van der Waals surface area (Å²) in [5, 5.41) is 0. The minimum Gasteiger partial charge on any atom is -0.338 e.